The summed E-state index contributed by atoms with van der Waals surface area (Å²) in [5.74, 6) is 0.499. The summed E-state index contributed by atoms with van der Waals surface area (Å²) in [7, 11) is 0. The van der Waals surface area contributed by atoms with Crippen molar-refractivity contribution in [3.8, 4) is 0 Å². The summed E-state index contributed by atoms with van der Waals surface area (Å²) in [5, 5.41) is 0. The van der Waals surface area contributed by atoms with Gasteiger partial charge in [-0.05, 0) is 46.0 Å². The lowest BCUT2D eigenvalue weighted by Crippen LogP contribution is -2.49. The molecule has 0 radical (unpaired) electrons. The molecule has 1 atom stereocenters. The fourth-order valence-electron chi connectivity index (χ4n) is 4.16. The minimum Gasteiger partial charge on any atom is -0.387 e. The smallest absolute Gasteiger partial charge is 0.345 e. The van der Waals surface area contributed by atoms with Crippen molar-refractivity contribution in [2.24, 2.45) is 10.7 Å². The third-order valence-corrected chi connectivity index (χ3v) is 5.44. The van der Waals surface area contributed by atoms with Crippen LogP contribution >= 0.6 is 0 Å². The molecule has 0 saturated carbocycles. The van der Waals surface area contributed by atoms with E-state index in [2.05, 4.69) is 16.8 Å². The minimum atomic E-state index is -0.209. The number of nitrogens with two attached hydrogens (primary N) is 1. The molecule has 7 heteroatoms. The standard InChI is InChI=1S/C18H33N5O2/c1-4-23(15(3)24)17-8-11-21(12-9-17)16-6-5-10-22(13-7-16)18(25)20-14(2)19/h16-17H,4-13H2,1-3H3,(H2,19,20,25). The molecule has 7 nitrogen and oxygen atoms in total. The lowest BCUT2D eigenvalue weighted by Gasteiger charge is -2.41. The van der Waals surface area contributed by atoms with Gasteiger partial charge in [0.05, 0.1) is 0 Å². The molecule has 0 aromatic carbocycles. The highest BCUT2D eigenvalue weighted by Crippen LogP contribution is 2.23. The maximum atomic E-state index is 12.1. The molecule has 142 valence electrons. The van der Waals surface area contributed by atoms with Crippen LogP contribution in [0.25, 0.3) is 0 Å². The van der Waals surface area contributed by atoms with Gasteiger partial charge in [0.25, 0.3) is 0 Å². The van der Waals surface area contributed by atoms with Crippen molar-refractivity contribution in [2.45, 2.75) is 65.0 Å². The number of carbonyl (C=O) groups is 2. The van der Waals surface area contributed by atoms with Crippen LogP contribution in [0.15, 0.2) is 4.99 Å². The Bertz CT molecular complexity index is 496. The fraction of sp³-hybridized carbons (Fsp3) is 0.833. The molecular weight excluding hydrogens is 318 g/mol. The average Bonchev–Trinajstić information content (AvgIpc) is 2.81. The summed E-state index contributed by atoms with van der Waals surface area (Å²) >= 11 is 0. The molecule has 3 amide bonds. The van der Waals surface area contributed by atoms with Gasteiger partial charge in [0, 0.05) is 51.7 Å². The molecule has 2 rings (SSSR count). The molecule has 2 saturated heterocycles. The Kier molecular flexibility index (Phi) is 7.23. The second-order valence-electron chi connectivity index (χ2n) is 7.18. The van der Waals surface area contributed by atoms with Gasteiger partial charge < -0.3 is 20.4 Å². The predicted octanol–water partition coefficient (Wildman–Crippen LogP) is 1.67. The molecule has 1 unspecified atom stereocenters. The molecule has 25 heavy (non-hydrogen) atoms. The van der Waals surface area contributed by atoms with Crippen molar-refractivity contribution in [2.75, 3.05) is 32.7 Å². The lowest BCUT2D eigenvalue weighted by atomic mass is 9.98. The normalized spacial score (nSPS) is 24.0. The largest absolute Gasteiger partial charge is 0.387 e. The van der Waals surface area contributed by atoms with E-state index in [1.165, 1.54) is 0 Å². The monoisotopic (exact) mass is 351 g/mol. The van der Waals surface area contributed by atoms with Crippen molar-refractivity contribution in [1.82, 2.24) is 14.7 Å². The predicted molar refractivity (Wildman–Crippen MR) is 99.6 cm³/mol. The Morgan fingerprint density at radius 2 is 1.76 bits per heavy atom. The van der Waals surface area contributed by atoms with Crippen LogP contribution in [0.3, 0.4) is 0 Å². The van der Waals surface area contributed by atoms with Crippen LogP contribution < -0.4 is 5.73 Å². The molecule has 0 aliphatic carbocycles. The number of piperidine rings is 1. The van der Waals surface area contributed by atoms with E-state index in [0.717, 1.165) is 64.8 Å². The summed E-state index contributed by atoms with van der Waals surface area (Å²) in [4.78, 5) is 34.0. The number of urea groups is 1. The minimum absolute atomic E-state index is 0.181. The van der Waals surface area contributed by atoms with E-state index in [1.54, 1.807) is 13.8 Å². The third-order valence-electron chi connectivity index (χ3n) is 5.44. The van der Waals surface area contributed by atoms with Crippen molar-refractivity contribution < 1.29 is 9.59 Å². The van der Waals surface area contributed by atoms with Gasteiger partial charge in [0.1, 0.15) is 5.84 Å². The molecule has 2 fully saturated rings. The Morgan fingerprint density at radius 1 is 1.08 bits per heavy atom. The molecule has 2 aliphatic rings. The lowest BCUT2D eigenvalue weighted by molar-refractivity contribution is -0.132. The van der Waals surface area contributed by atoms with Crippen molar-refractivity contribution >= 4 is 17.8 Å². The highest BCUT2D eigenvalue weighted by Gasteiger charge is 2.30. The van der Waals surface area contributed by atoms with Gasteiger partial charge in [-0.25, -0.2) is 4.79 Å². The SMILES string of the molecule is CCN(C(C)=O)C1CCN(C2CCCN(C(=O)/N=C(/C)N)CC2)CC1. The van der Waals surface area contributed by atoms with Crippen LogP contribution in [-0.4, -0.2) is 77.3 Å². The summed E-state index contributed by atoms with van der Waals surface area (Å²) in [5.41, 5.74) is 5.52. The number of amidine groups is 1. The molecule has 0 spiro atoms. The Balaban J connectivity index is 1.85. The summed E-state index contributed by atoms with van der Waals surface area (Å²) in [6, 6.07) is 0.693. The molecule has 2 heterocycles. The first-order valence-electron chi connectivity index (χ1n) is 9.53. The first kappa shape index (κ1) is 19.7. The summed E-state index contributed by atoms with van der Waals surface area (Å²) in [6.45, 7) is 9.73. The Hall–Kier alpha value is -1.63. The van der Waals surface area contributed by atoms with Crippen molar-refractivity contribution in [1.29, 1.82) is 0 Å². The fourth-order valence-corrected chi connectivity index (χ4v) is 4.16. The zero-order chi connectivity index (χ0) is 18.4. The highest BCUT2D eigenvalue weighted by atomic mass is 16.2. The van der Waals surface area contributed by atoms with Crippen LogP contribution in [0, 0.1) is 0 Å². The number of amides is 3. The number of carbonyl (C=O) groups excluding carboxylic acids is 2. The molecule has 0 bridgehead atoms. The second-order valence-corrected chi connectivity index (χ2v) is 7.18. The number of hydrogen-bond acceptors (Lipinski definition) is 3. The van der Waals surface area contributed by atoms with E-state index >= 15 is 0 Å². The van der Waals surface area contributed by atoms with Gasteiger partial charge in [-0.15, -0.1) is 0 Å². The zero-order valence-electron chi connectivity index (χ0n) is 15.9. The van der Waals surface area contributed by atoms with Crippen LogP contribution in [0.1, 0.15) is 52.9 Å². The van der Waals surface area contributed by atoms with Crippen LogP contribution in [0.5, 0.6) is 0 Å². The van der Waals surface area contributed by atoms with E-state index < -0.39 is 0 Å². The van der Waals surface area contributed by atoms with Gasteiger partial charge in [0.2, 0.25) is 5.91 Å². The number of nitrogens with zero attached hydrogens (tertiary/aromatic N) is 4. The van der Waals surface area contributed by atoms with Gasteiger partial charge in [-0.1, -0.05) is 0 Å². The third kappa shape index (κ3) is 5.42. The second kappa shape index (κ2) is 9.17. The molecule has 0 aromatic rings. The van der Waals surface area contributed by atoms with Gasteiger partial charge >= 0.3 is 6.03 Å². The molecule has 0 aromatic heterocycles. The highest BCUT2D eigenvalue weighted by molar-refractivity contribution is 5.91. The summed E-state index contributed by atoms with van der Waals surface area (Å²) < 4.78 is 0. The van der Waals surface area contributed by atoms with E-state index in [9.17, 15) is 9.59 Å². The first-order valence-corrected chi connectivity index (χ1v) is 9.53. The van der Waals surface area contributed by atoms with E-state index in [4.69, 9.17) is 5.73 Å². The number of likely N-dealkylation sites (tertiary alicyclic amines) is 2. The van der Waals surface area contributed by atoms with E-state index in [0.29, 0.717) is 17.9 Å². The number of rotatable bonds is 3. The quantitative estimate of drug-likeness (QED) is 0.619. The van der Waals surface area contributed by atoms with Crippen molar-refractivity contribution in [3.05, 3.63) is 0 Å². The van der Waals surface area contributed by atoms with Crippen molar-refractivity contribution in [3.63, 3.8) is 0 Å². The van der Waals surface area contributed by atoms with Crippen LogP contribution in [0.4, 0.5) is 4.79 Å². The Labute approximate surface area is 151 Å². The van der Waals surface area contributed by atoms with E-state index in [1.807, 2.05) is 9.80 Å². The maximum absolute atomic E-state index is 12.1. The van der Waals surface area contributed by atoms with E-state index in [-0.39, 0.29) is 11.9 Å². The molecule has 2 N–H and O–H groups in total. The number of aliphatic imine (C=N–C) groups is 1. The Morgan fingerprint density at radius 3 is 2.32 bits per heavy atom. The maximum Gasteiger partial charge on any atom is 0.345 e. The zero-order valence-corrected chi connectivity index (χ0v) is 15.9. The van der Waals surface area contributed by atoms with Gasteiger partial charge in [-0.2, -0.15) is 4.99 Å². The van der Waals surface area contributed by atoms with Gasteiger partial charge in [-0.3, -0.25) is 4.79 Å². The molecule has 2 aliphatic heterocycles. The summed E-state index contributed by atoms with van der Waals surface area (Å²) in [6.07, 6.45) is 5.19. The van der Waals surface area contributed by atoms with Crippen LogP contribution in [0.2, 0.25) is 0 Å². The van der Waals surface area contributed by atoms with Crippen LogP contribution in [-0.2, 0) is 4.79 Å². The molecular formula is C18H33N5O2. The first-order chi connectivity index (χ1) is 11.9. The topological polar surface area (TPSA) is 82.2 Å². The average molecular weight is 351 g/mol. The number of hydrogen-bond donors (Lipinski definition) is 1. The van der Waals surface area contributed by atoms with Gasteiger partial charge in [0.15, 0.2) is 0 Å².